The van der Waals surface area contributed by atoms with Crippen LogP contribution < -0.4 is 5.32 Å². The van der Waals surface area contributed by atoms with Crippen molar-refractivity contribution in [1.82, 2.24) is 5.32 Å². The highest BCUT2D eigenvalue weighted by Crippen LogP contribution is 2.10. The highest BCUT2D eigenvalue weighted by molar-refractivity contribution is 6.29. The van der Waals surface area contributed by atoms with Gasteiger partial charge in [-0.05, 0) is 11.6 Å². The summed E-state index contributed by atoms with van der Waals surface area (Å²) in [5.74, 6) is -0.172. The van der Waals surface area contributed by atoms with Crippen LogP contribution in [0.2, 0.25) is 0 Å². The summed E-state index contributed by atoms with van der Waals surface area (Å²) in [4.78, 5) is 11.8. The van der Waals surface area contributed by atoms with Crippen molar-refractivity contribution in [3.8, 4) is 0 Å². The molecule has 1 aromatic rings. The van der Waals surface area contributed by atoms with Crippen molar-refractivity contribution >= 4 is 17.5 Å². The van der Waals surface area contributed by atoms with E-state index in [-0.39, 0.29) is 12.5 Å². The number of ether oxygens (including phenoxy) is 1. The molecule has 4 heteroatoms. The number of benzene rings is 1. The topological polar surface area (TPSA) is 38.3 Å². The van der Waals surface area contributed by atoms with E-state index in [0.717, 1.165) is 5.56 Å². The zero-order valence-corrected chi connectivity index (χ0v) is 9.88. The van der Waals surface area contributed by atoms with Crippen LogP contribution in [0.25, 0.3) is 0 Å². The monoisotopic (exact) mass is 239 g/mol. The van der Waals surface area contributed by atoms with Crippen LogP contribution in [0.1, 0.15) is 15.9 Å². The predicted molar refractivity (Wildman–Crippen MR) is 64.5 cm³/mol. The van der Waals surface area contributed by atoms with Crippen molar-refractivity contribution in [3.63, 3.8) is 0 Å². The molecule has 86 valence electrons. The van der Waals surface area contributed by atoms with Crippen molar-refractivity contribution in [2.24, 2.45) is 0 Å². The van der Waals surface area contributed by atoms with Crippen molar-refractivity contribution < 1.29 is 9.53 Å². The minimum absolute atomic E-state index is 0.172. The van der Waals surface area contributed by atoms with Gasteiger partial charge in [-0.1, -0.05) is 36.4 Å². The third-order valence-electron chi connectivity index (χ3n) is 2.00. The summed E-state index contributed by atoms with van der Waals surface area (Å²) in [6.07, 6.45) is 0. The molecule has 1 N–H and O–H groups in total. The number of halogens is 1. The van der Waals surface area contributed by atoms with E-state index in [2.05, 4.69) is 11.9 Å². The van der Waals surface area contributed by atoms with Crippen LogP contribution in [-0.4, -0.2) is 19.6 Å². The Morgan fingerprint density at radius 2 is 2.19 bits per heavy atom. The number of nitrogens with one attached hydrogen (secondary N) is 1. The molecule has 1 amide bonds. The van der Waals surface area contributed by atoms with Gasteiger partial charge >= 0.3 is 0 Å². The van der Waals surface area contributed by atoms with Crippen molar-refractivity contribution in [2.75, 3.05) is 13.7 Å². The molecule has 1 rings (SSSR count). The molecular weight excluding hydrogens is 226 g/mol. The number of carbonyl (C=O) groups is 1. The molecule has 0 saturated heterocycles. The molecular formula is C12H14ClNO2. The van der Waals surface area contributed by atoms with Gasteiger partial charge in [-0.2, -0.15) is 0 Å². The van der Waals surface area contributed by atoms with Gasteiger partial charge in [0.1, 0.15) is 0 Å². The van der Waals surface area contributed by atoms with Crippen LogP contribution >= 0.6 is 11.6 Å². The first-order valence-corrected chi connectivity index (χ1v) is 5.21. The van der Waals surface area contributed by atoms with E-state index in [9.17, 15) is 4.79 Å². The Morgan fingerprint density at radius 3 is 2.81 bits per heavy atom. The molecule has 0 fully saturated rings. The summed E-state index contributed by atoms with van der Waals surface area (Å²) >= 11 is 5.58. The smallest absolute Gasteiger partial charge is 0.251 e. The van der Waals surface area contributed by atoms with Crippen LogP contribution in [0.4, 0.5) is 0 Å². The lowest BCUT2D eigenvalue weighted by molar-refractivity contribution is 0.0952. The highest BCUT2D eigenvalue weighted by atomic mass is 35.5. The molecule has 0 saturated carbocycles. The lowest BCUT2D eigenvalue weighted by Gasteiger charge is -2.08. The molecule has 1 aromatic carbocycles. The van der Waals surface area contributed by atoms with E-state index in [1.165, 1.54) is 0 Å². The van der Waals surface area contributed by atoms with Crippen molar-refractivity contribution in [2.45, 2.75) is 6.61 Å². The van der Waals surface area contributed by atoms with Crippen LogP contribution in [0, 0.1) is 0 Å². The predicted octanol–water partition coefficient (Wildman–Crippen LogP) is 2.32. The van der Waals surface area contributed by atoms with Gasteiger partial charge in [-0.25, -0.2) is 0 Å². The van der Waals surface area contributed by atoms with Gasteiger partial charge in [-0.15, -0.1) is 0 Å². The highest BCUT2D eigenvalue weighted by Gasteiger charge is 2.09. The Balaban J connectivity index is 2.77. The van der Waals surface area contributed by atoms with Gasteiger partial charge in [0.2, 0.25) is 0 Å². The van der Waals surface area contributed by atoms with Crippen LogP contribution in [0.3, 0.4) is 0 Å². The fourth-order valence-corrected chi connectivity index (χ4v) is 1.36. The molecule has 0 heterocycles. The van der Waals surface area contributed by atoms with Gasteiger partial charge in [0.05, 0.1) is 13.2 Å². The van der Waals surface area contributed by atoms with E-state index in [1.54, 1.807) is 13.2 Å². The number of rotatable bonds is 5. The maximum atomic E-state index is 11.8. The van der Waals surface area contributed by atoms with E-state index < -0.39 is 0 Å². The Morgan fingerprint density at radius 1 is 1.50 bits per heavy atom. The third-order valence-corrected chi connectivity index (χ3v) is 2.14. The fourth-order valence-electron chi connectivity index (χ4n) is 1.29. The first-order chi connectivity index (χ1) is 7.65. The quantitative estimate of drug-likeness (QED) is 0.857. The largest absolute Gasteiger partial charge is 0.380 e. The molecule has 0 aromatic heterocycles. The third kappa shape index (κ3) is 3.68. The number of carbonyl (C=O) groups excluding carboxylic acids is 1. The Hall–Kier alpha value is -1.32. The molecule has 0 aliphatic carbocycles. The van der Waals surface area contributed by atoms with Crippen molar-refractivity contribution in [3.05, 3.63) is 47.0 Å². The molecule has 16 heavy (non-hydrogen) atoms. The Labute approximate surface area is 100 Å². The van der Waals surface area contributed by atoms with Gasteiger partial charge < -0.3 is 10.1 Å². The van der Waals surface area contributed by atoms with Gasteiger partial charge in [0.15, 0.2) is 0 Å². The van der Waals surface area contributed by atoms with Crippen LogP contribution in [0.5, 0.6) is 0 Å². The maximum Gasteiger partial charge on any atom is 0.251 e. The lowest BCUT2D eigenvalue weighted by atomic mass is 10.1. The van der Waals surface area contributed by atoms with Crippen LogP contribution in [-0.2, 0) is 11.3 Å². The van der Waals surface area contributed by atoms with E-state index in [0.29, 0.717) is 17.2 Å². The van der Waals surface area contributed by atoms with E-state index >= 15 is 0 Å². The van der Waals surface area contributed by atoms with Gasteiger partial charge in [-0.3, -0.25) is 4.79 Å². The van der Waals surface area contributed by atoms with Crippen LogP contribution in [0.15, 0.2) is 35.9 Å². The average Bonchev–Trinajstić information content (AvgIpc) is 2.27. The Kier molecular flexibility index (Phi) is 5.02. The normalized spacial score (nSPS) is 9.88. The first-order valence-electron chi connectivity index (χ1n) is 4.83. The molecule has 0 aliphatic rings. The minimum atomic E-state index is -0.172. The number of methoxy groups -OCH3 is 1. The van der Waals surface area contributed by atoms with E-state index in [4.69, 9.17) is 16.3 Å². The summed E-state index contributed by atoms with van der Waals surface area (Å²) < 4.78 is 5.02. The second-order valence-electron chi connectivity index (χ2n) is 3.29. The van der Waals surface area contributed by atoms with E-state index in [1.807, 2.05) is 18.2 Å². The molecule has 0 bridgehead atoms. The summed E-state index contributed by atoms with van der Waals surface area (Å²) in [5.41, 5.74) is 1.45. The fraction of sp³-hybridized carbons (Fsp3) is 0.250. The second kappa shape index (κ2) is 6.30. The standard InChI is InChI=1S/C12H14ClNO2/c1-9(13)7-14-12(15)11-6-4-3-5-10(11)8-16-2/h3-6H,1,7-8H2,2H3,(H,14,15). The maximum absolute atomic E-state index is 11.8. The minimum Gasteiger partial charge on any atom is -0.380 e. The number of hydrogen-bond donors (Lipinski definition) is 1. The number of hydrogen-bond acceptors (Lipinski definition) is 2. The first kappa shape index (κ1) is 12.7. The zero-order chi connectivity index (χ0) is 12.0. The average molecular weight is 240 g/mol. The summed E-state index contributed by atoms with van der Waals surface area (Å²) in [6, 6.07) is 7.28. The zero-order valence-electron chi connectivity index (χ0n) is 9.13. The SMILES string of the molecule is C=C(Cl)CNC(=O)c1ccccc1COC. The van der Waals surface area contributed by atoms with Gasteiger partial charge in [0.25, 0.3) is 5.91 Å². The molecule has 3 nitrogen and oxygen atoms in total. The summed E-state index contributed by atoms with van der Waals surface area (Å²) in [7, 11) is 1.59. The Bertz CT molecular complexity index is 390. The summed E-state index contributed by atoms with van der Waals surface area (Å²) in [6.45, 7) is 4.18. The summed E-state index contributed by atoms with van der Waals surface area (Å²) in [5, 5.41) is 3.07. The second-order valence-corrected chi connectivity index (χ2v) is 3.82. The number of amides is 1. The van der Waals surface area contributed by atoms with Gasteiger partial charge in [0, 0.05) is 17.7 Å². The molecule has 0 spiro atoms. The molecule has 0 radical (unpaired) electrons. The molecule has 0 unspecified atom stereocenters. The lowest BCUT2D eigenvalue weighted by Crippen LogP contribution is -2.25. The molecule has 0 atom stereocenters. The molecule has 0 aliphatic heterocycles. The van der Waals surface area contributed by atoms with Crippen molar-refractivity contribution in [1.29, 1.82) is 0 Å².